The zero-order valence-electron chi connectivity index (χ0n) is 7.58. The van der Waals surface area contributed by atoms with Crippen LogP contribution in [-0.4, -0.2) is 13.3 Å². The maximum Gasteiger partial charge on any atom is 0.118 e. The van der Waals surface area contributed by atoms with Crippen LogP contribution in [0.3, 0.4) is 0 Å². The van der Waals surface area contributed by atoms with Crippen LogP contribution in [0.5, 0.6) is 5.75 Å². The molecule has 1 nitrogen and oxygen atoms in total. The van der Waals surface area contributed by atoms with Crippen molar-refractivity contribution in [3.8, 4) is 5.75 Å². The fraction of sp³-hybridized carbons (Fsp3) is 0.400. The van der Waals surface area contributed by atoms with Crippen LogP contribution in [-0.2, 0) is 0 Å². The molecule has 0 saturated carbocycles. The molecule has 2 unspecified atom stereocenters. The lowest BCUT2D eigenvalue weighted by Gasteiger charge is -2.08. The molecule has 12 heavy (non-hydrogen) atoms. The van der Waals surface area contributed by atoms with Crippen molar-refractivity contribution in [1.82, 2.24) is 0 Å². The molecule has 66 valence electrons. The van der Waals surface area contributed by atoms with Crippen LogP contribution in [0.15, 0.2) is 24.3 Å². The molecule has 1 rings (SSSR count). The molecule has 2 atom stereocenters. The van der Waals surface area contributed by atoms with E-state index in [2.05, 4.69) is 28.3 Å². The van der Waals surface area contributed by atoms with E-state index in [-0.39, 0.29) is 0 Å². The number of hydrogen-bond donors (Lipinski definition) is 0. The Kier molecular flexibility index (Phi) is 3.55. The van der Waals surface area contributed by atoms with E-state index >= 15 is 0 Å². The van der Waals surface area contributed by atoms with Crippen molar-refractivity contribution in [2.75, 3.05) is 13.3 Å². The highest BCUT2D eigenvalue weighted by molar-refractivity contribution is 7.16. The molecule has 0 heterocycles. The largest absolute Gasteiger partial charge is 0.497 e. The van der Waals surface area contributed by atoms with E-state index in [0.717, 1.165) is 11.9 Å². The first-order chi connectivity index (χ1) is 5.77. The Balaban J connectivity index is 2.77. The van der Waals surface area contributed by atoms with Crippen LogP contribution in [0, 0.1) is 0 Å². The summed E-state index contributed by atoms with van der Waals surface area (Å²) in [6.45, 7) is 2.22. The average molecular weight is 182 g/mol. The van der Waals surface area contributed by atoms with Gasteiger partial charge in [-0.15, -0.1) is 9.24 Å². The average Bonchev–Trinajstić information content (AvgIpc) is 2.17. The van der Waals surface area contributed by atoms with Crippen LogP contribution < -0.4 is 4.74 Å². The monoisotopic (exact) mass is 182 g/mol. The second-order valence-corrected chi connectivity index (χ2v) is 3.38. The highest BCUT2D eigenvalue weighted by atomic mass is 31.0. The summed E-state index contributed by atoms with van der Waals surface area (Å²) in [6.07, 6.45) is 1.10. The zero-order valence-corrected chi connectivity index (χ0v) is 8.73. The maximum atomic E-state index is 5.08. The maximum absolute atomic E-state index is 5.08. The SMILES string of the molecule is COc1ccc(C(C)CP)cc1. The lowest BCUT2D eigenvalue weighted by molar-refractivity contribution is 0.414. The van der Waals surface area contributed by atoms with Crippen LogP contribution >= 0.6 is 9.24 Å². The van der Waals surface area contributed by atoms with Gasteiger partial charge in [-0.25, -0.2) is 0 Å². The van der Waals surface area contributed by atoms with Gasteiger partial charge >= 0.3 is 0 Å². The van der Waals surface area contributed by atoms with Gasteiger partial charge in [-0.05, 0) is 29.8 Å². The molecular formula is C10H15OP. The summed E-state index contributed by atoms with van der Waals surface area (Å²) in [7, 11) is 4.45. The molecule has 0 aliphatic rings. The van der Waals surface area contributed by atoms with Crippen molar-refractivity contribution >= 4 is 9.24 Å². The van der Waals surface area contributed by atoms with Gasteiger partial charge < -0.3 is 4.74 Å². The zero-order chi connectivity index (χ0) is 8.97. The lowest BCUT2D eigenvalue weighted by Crippen LogP contribution is -1.93. The smallest absolute Gasteiger partial charge is 0.118 e. The molecule has 0 aliphatic carbocycles. The minimum absolute atomic E-state index is 0.612. The Labute approximate surface area is 76.3 Å². The van der Waals surface area contributed by atoms with Gasteiger partial charge in [0, 0.05) is 0 Å². The second-order valence-electron chi connectivity index (χ2n) is 2.91. The second kappa shape index (κ2) is 4.47. The third-order valence-electron chi connectivity index (χ3n) is 2.04. The molecule has 0 spiro atoms. The van der Waals surface area contributed by atoms with E-state index < -0.39 is 0 Å². The van der Waals surface area contributed by atoms with Crippen LogP contribution in [0.25, 0.3) is 0 Å². The Morgan fingerprint density at radius 1 is 1.33 bits per heavy atom. The molecule has 0 fully saturated rings. The Morgan fingerprint density at radius 2 is 1.92 bits per heavy atom. The summed E-state index contributed by atoms with van der Waals surface area (Å²) >= 11 is 0. The van der Waals surface area contributed by atoms with Crippen molar-refractivity contribution < 1.29 is 4.74 Å². The summed E-state index contributed by atoms with van der Waals surface area (Å²) in [5.41, 5.74) is 1.37. The van der Waals surface area contributed by atoms with Crippen LogP contribution in [0.2, 0.25) is 0 Å². The summed E-state index contributed by atoms with van der Waals surface area (Å²) in [5.74, 6) is 1.54. The van der Waals surface area contributed by atoms with Crippen molar-refractivity contribution in [2.45, 2.75) is 12.8 Å². The quantitative estimate of drug-likeness (QED) is 0.653. The van der Waals surface area contributed by atoms with Gasteiger partial charge in [0.25, 0.3) is 0 Å². The van der Waals surface area contributed by atoms with E-state index in [0.29, 0.717) is 5.92 Å². The number of methoxy groups -OCH3 is 1. The molecule has 0 N–H and O–H groups in total. The predicted octanol–water partition coefficient (Wildman–Crippen LogP) is 2.67. The van der Waals surface area contributed by atoms with Gasteiger partial charge in [-0.1, -0.05) is 19.1 Å². The first-order valence-corrected chi connectivity index (χ1v) is 4.93. The third-order valence-corrected chi connectivity index (χ3v) is 2.75. The Bertz CT molecular complexity index is 230. The van der Waals surface area contributed by atoms with Crippen molar-refractivity contribution in [2.24, 2.45) is 0 Å². The molecule has 0 radical (unpaired) electrons. The minimum Gasteiger partial charge on any atom is -0.497 e. The number of rotatable bonds is 3. The van der Waals surface area contributed by atoms with Crippen LogP contribution in [0.4, 0.5) is 0 Å². The lowest BCUT2D eigenvalue weighted by atomic mass is 10.0. The Hall–Kier alpha value is -0.550. The number of benzene rings is 1. The van der Waals surface area contributed by atoms with Crippen molar-refractivity contribution in [3.63, 3.8) is 0 Å². The van der Waals surface area contributed by atoms with Gasteiger partial charge in [-0.3, -0.25) is 0 Å². The van der Waals surface area contributed by atoms with Crippen molar-refractivity contribution in [3.05, 3.63) is 29.8 Å². The van der Waals surface area contributed by atoms with Gasteiger partial charge in [0.1, 0.15) is 5.75 Å². The van der Waals surface area contributed by atoms with Crippen molar-refractivity contribution in [1.29, 1.82) is 0 Å². The van der Waals surface area contributed by atoms with E-state index in [4.69, 9.17) is 4.74 Å². The number of ether oxygens (including phenoxy) is 1. The standard InChI is InChI=1S/C10H15OP/c1-8(7-12)9-3-5-10(11-2)6-4-9/h3-6,8H,7,12H2,1-2H3. The van der Waals surface area contributed by atoms with E-state index in [1.807, 2.05) is 12.1 Å². The van der Waals surface area contributed by atoms with Gasteiger partial charge in [0.05, 0.1) is 7.11 Å². The summed E-state index contributed by atoms with van der Waals surface area (Å²) in [6, 6.07) is 8.25. The predicted molar refractivity (Wildman–Crippen MR) is 56.0 cm³/mol. The molecular weight excluding hydrogens is 167 g/mol. The molecule has 0 amide bonds. The van der Waals surface area contributed by atoms with Gasteiger partial charge in [0.2, 0.25) is 0 Å². The molecule has 1 aromatic carbocycles. The Morgan fingerprint density at radius 3 is 2.33 bits per heavy atom. The molecule has 0 aliphatic heterocycles. The summed E-state index contributed by atoms with van der Waals surface area (Å²) in [4.78, 5) is 0. The first kappa shape index (κ1) is 9.54. The van der Waals surface area contributed by atoms with Gasteiger partial charge in [0.15, 0.2) is 0 Å². The van der Waals surface area contributed by atoms with E-state index in [1.165, 1.54) is 5.56 Å². The third kappa shape index (κ3) is 2.22. The van der Waals surface area contributed by atoms with E-state index in [9.17, 15) is 0 Å². The summed E-state index contributed by atoms with van der Waals surface area (Å²) < 4.78 is 5.08. The first-order valence-electron chi connectivity index (χ1n) is 4.12. The van der Waals surface area contributed by atoms with Gasteiger partial charge in [-0.2, -0.15) is 0 Å². The normalized spacial score (nSPS) is 12.6. The molecule has 0 saturated heterocycles. The molecule has 0 aromatic heterocycles. The number of hydrogen-bond acceptors (Lipinski definition) is 1. The molecule has 1 aromatic rings. The highest BCUT2D eigenvalue weighted by Gasteiger charge is 2.01. The molecule has 2 heteroatoms. The highest BCUT2D eigenvalue weighted by Crippen LogP contribution is 2.20. The fourth-order valence-corrected chi connectivity index (χ4v) is 1.34. The van der Waals surface area contributed by atoms with Crippen LogP contribution in [0.1, 0.15) is 18.4 Å². The topological polar surface area (TPSA) is 9.23 Å². The summed E-state index contributed by atoms with van der Waals surface area (Å²) in [5, 5.41) is 0. The van der Waals surface area contributed by atoms with E-state index in [1.54, 1.807) is 7.11 Å². The fourth-order valence-electron chi connectivity index (χ4n) is 1.07. The minimum atomic E-state index is 0.612. The molecule has 0 bridgehead atoms.